The lowest BCUT2D eigenvalue weighted by molar-refractivity contribution is -0.114. The molecule has 1 amide bonds. The van der Waals surface area contributed by atoms with Gasteiger partial charge in [0, 0.05) is 34.5 Å². The number of carbonyl (C=O) groups excluding carboxylic acids is 1. The third-order valence-corrected chi connectivity index (χ3v) is 8.51. The third-order valence-electron chi connectivity index (χ3n) is 6.39. The molecule has 0 aliphatic carbocycles. The van der Waals surface area contributed by atoms with E-state index in [1.165, 1.54) is 27.9 Å². The van der Waals surface area contributed by atoms with Crippen LogP contribution in [0.5, 0.6) is 0 Å². The van der Waals surface area contributed by atoms with Crippen LogP contribution in [-0.4, -0.2) is 30.9 Å². The highest BCUT2D eigenvalue weighted by Gasteiger charge is 2.36. The van der Waals surface area contributed by atoms with Crippen LogP contribution in [-0.2, 0) is 17.1 Å². The Balaban J connectivity index is 1.32. The monoisotopic (exact) mass is 521 g/mol. The number of para-hydroxylation sites is 1. The minimum Gasteiger partial charge on any atom is -0.340 e. The molecule has 3 aromatic carbocycles. The lowest BCUT2D eigenvalue weighted by Crippen LogP contribution is -2.35. The highest BCUT2D eigenvalue weighted by Crippen LogP contribution is 2.35. The van der Waals surface area contributed by atoms with Gasteiger partial charge in [-0.2, -0.15) is 10.0 Å². The molecular formula is C29H23N5OS2. The second kappa shape index (κ2) is 9.88. The summed E-state index contributed by atoms with van der Waals surface area (Å²) in [5.41, 5.74) is 5.68. The smallest absolute Gasteiger partial charge is 0.283 e. The van der Waals surface area contributed by atoms with Crippen LogP contribution in [0.15, 0.2) is 101 Å². The Morgan fingerprint density at radius 1 is 0.946 bits per heavy atom. The molecule has 0 saturated carbocycles. The van der Waals surface area contributed by atoms with E-state index >= 15 is 0 Å². The molecular weight excluding hydrogens is 498 g/mol. The number of amidine groups is 2. The van der Waals surface area contributed by atoms with Crippen molar-refractivity contribution >= 4 is 61.8 Å². The molecule has 0 fully saturated rings. The molecule has 182 valence electrons. The van der Waals surface area contributed by atoms with Crippen molar-refractivity contribution in [1.82, 2.24) is 9.58 Å². The number of fused-ring (bicyclic) bond motifs is 2. The Bertz CT molecular complexity index is 1620. The summed E-state index contributed by atoms with van der Waals surface area (Å²) in [6, 6.07) is 28.6. The van der Waals surface area contributed by atoms with Crippen molar-refractivity contribution in [2.75, 3.05) is 0 Å². The van der Waals surface area contributed by atoms with Crippen molar-refractivity contribution in [3.05, 3.63) is 113 Å². The minimum atomic E-state index is -0.410. The van der Waals surface area contributed by atoms with Gasteiger partial charge in [0.25, 0.3) is 5.91 Å². The highest BCUT2D eigenvalue weighted by atomic mass is 32.2. The topological polar surface area (TPSA) is 73.8 Å². The zero-order valence-corrected chi connectivity index (χ0v) is 21.7. The molecule has 0 bridgehead atoms. The summed E-state index contributed by atoms with van der Waals surface area (Å²) in [5, 5.41) is 16.4. The predicted molar refractivity (Wildman–Crippen MR) is 155 cm³/mol. The van der Waals surface area contributed by atoms with Gasteiger partial charge >= 0.3 is 0 Å². The van der Waals surface area contributed by atoms with E-state index in [1.807, 2.05) is 48.5 Å². The molecule has 8 heteroatoms. The summed E-state index contributed by atoms with van der Waals surface area (Å²) in [4.78, 5) is 17.4. The maximum absolute atomic E-state index is 13.1. The lowest BCUT2D eigenvalue weighted by atomic mass is 10.1. The number of nitrogens with zero attached hydrogens (tertiary/aromatic N) is 4. The largest absolute Gasteiger partial charge is 0.340 e. The molecule has 0 radical (unpaired) electrons. The van der Waals surface area contributed by atoms with Gasteiger partial charge in [-0.3, -0.25) is 10.2 Å². The number of thioether (sulfide) groups is 2. The van der Waals surface area contributed by atoms with Gasteiger partial charge < -0.3 is 4.57 Å². The number of nitrogens with one attached hydrogen (secondary N) is 1. The molecule has 4 aromatic rings. The molecule has 1 N–H and O–H groups in total. The molecule has 2 aliphatic rings. The fraction of sp³-hybridized carbons (Fsp3) is 0.103. The predicted octanol–water partition coefficient (Wildman–Crippen LogP) is 6.51. The van der Waals surface area contributed by atoms with Crippen LogP contribution in [0.1, 0.15) is 22.4 Å². The Morgan fingerprint density at radius 3 is 2.38 bits per heavy atom. The van der Waals surface area contributed by atoms with Crippen LogP contribution in [0.3, 0.4) is 0 Å². The summed E-state index contributed by atoms with van der Waals surface area (Å²) < 4.78 is 3.03. The third kappa shape index (κ3) is 4.54. The van der Waals surface area contributed by atoms with Crippen molar-refractivity contribution in [2.45, 2.75) is 19.2 Å². The van der Waals surface area contributed by atoms with Gasteiger partial charge in [0.15, 0.2) is 10.2 Å². The van der Waals surface area contributed by atoms with E-state index < -0.39 is 5.91 Å². The van der Waals surface area contributed by atoms with Gasteiger partial charge in [-0.15, -0.1) is 5.10 Å². The molecule has 3 heterocycles. The van der Waals surface area contributed by atoms with E-state index in [-0.39, 0.29) is 11.4 Å². The maximum Gasteiger partial charge on any atom is 0.283 e. The van der Waals surface area contributed by atoms with Crippen molar-refractivity contribution in [3.8, 4) is 0 Å². The van der Waals surface area contributed by atoms with E-state index in [1.54, 1.807) is 17.8 Å². The van der Waals surface area contributed by atoms with E-state index in [2.05, 4.69) is 58.0 Å². The lowest BCUT2D eigenvalue weighted by Gasteiger charge is -2.20. The Hall–Kier alpha value is -3.88. The Morgan fingerprint density at radius 2 is 1.62 bits per heavy atom. The number of rotatable bonds is 5. The minimum absolute atomic E-state index is 0.0529. The fourth-order valence-electron chi connectivity index (χ4n) is 4.51. The van der Waals surface area contributed by atoms with E-state index in [0.29, 0.717) is 5.17 Å². The number of aromatic nitrogens is 1. The summed E-state index contributed by atoms with van der Waals surface area (Å²) in [6.07, 6.45) is 1.80. The molecule has 2 aliphatic heterocycles. The molecule has 0 saturated heterocycles. The maximum atomic E-state index is 13.1. The van der Waals surface area contributed by atoms with E-state index in [4.69, 9.17) is 5.41 Å². The molecule has 1 aromatic heterocycles. The zero-order valence-electron chi connectivity index (χ0n) is 20.1. The number of hydrazone groups is 1. The fourth-order valence-corrected chi connectivity index (χ4v) is 6.39. The van der Waals surface area contributed by atoms with Crippen molar-refractivity contribution in [3.63, 3.8) is 0 Å². The number of amides is 1. The molecule has 0 unspecified atom stereocenters. The Labute approximate surface area is 223 Å². The first kappa shape index (κ1) is 23.5. The number of aliphatic imine (C=N–C) groups is 1. The van der Waals surface area contributed by atoms with E-state index in [0.717, 1.165) is 38.8 Å². The summed E-state index contributed by atoms with van der Waals surface area (Å²) in [5.74, 6) is 0.405. The van der Waals surface area contributed by atoms with Gasteiger partial charge in [-0.05, 0) is 42.0 Å². The second-order valence-electron chi connectivity index (χ2n) is 8.75. The highest BCUT2D eigenvalue weighted by molar-refractivity contribution is 8.45. The molecule has 6 nitrogen and oxygen atoms in total. The molecule has 0 atom stereocenters. The van der Waals surface area contributed by atoms with Gasteiger partial charge in [0.1, 0.15) is 0 Å². The van der Waals surface area contributed by atoms with Crippen molar-refractivity contribution < 1.29 is 4.79 Å². The van der Waals surface area contributed by atoms with Gasteiger partial charge in [-0.1, -0.05) is 90.6 Å². The van der Waals surface area contributed by atoms with Gasteiger partial charge in [0.2, 0.25) is 5.17 Å². The summed E-state index contributed by atoms with van der Waals surface area (Å²) >= 11 is 2.92. The van der Waals surface area contributed by atoms with E-state index in [9.17, 15) is 4.79 Å². The number of hydrogen-bond donors (Lipinski definition) is 1. The second-order valence-corrected chi connectivity index (χ2v) is 10.9. The summed E-state index contributed by atoms with van der Waals surface area (Å²) in [7, 11) is 0. The average molecular weight is 522 g/mol. The first-order chi connectivity index (χ1) is 18.1. The molecule has 0 spiro atoms. The van der Waals surface area contributed by atoms with Gasteiger partial charge in [0.05, 0.1) is 5.57 Å². The van der Waals surface area contributed by atoms with Crippen LogP contribution in [0, 0.1) is 12.3 Å². The standard InChI is InChI=1S/C29H23N5OS2/c1-19-23(22-14-8-9-15-25(22)33(19)17-20-10-4-2-5-11-20)16-24-26(30)34-28(31-27(24)35)37-29(32-34)36-18-21-12-6-3-7-13-21/h2-16,30H,17-18H2,1H3/b24-16-,30-26?. The SMILES string of the molecule is Cc1c(/C=C2/C(=N)N3N=C(SCc4ccccc4)SC3=NC2=O)c2ccccc2n1Cc1ccccc1. The molecule has 6 rings (SSSR count). The normalized spacial score (nSPS) is 16.4. The Kier molecular flexibility index (Phi) is 6.28. The first-order valence-corrected chi connectivity index (χ1v) is 13.7. The van der Waals surface area contributed by atoms with Crippen LogP contribution >= 0.6 is 23.5 Å². The first-order valence-electron chi connectivity index (χ1n) is 11.9. The number of benzene rings is 3. The number of carbonyl (C=O) groups is 1. The van der Waals surface area contributed by atoms with Crippen LogP contribution in [0.2, 0.25) is 0 Å². The van der Waals surface area contributed by atoms with Crippen LogP contribution in [0.25, 0.3) is 17.0 Å². The molecule has 37 heavy (non-hydrogen) atoms. The van der Waals surface area contributed by atoms with Crippen LogP contribution in [0.4, 0.5) is 0 Å². The van der Waals surface area contributed by atoms with Crippen molar-refractivity contribution in [1.29, 1.82) is 5.41 Å². The quantitative estimate of drug-likeness (QED) is 0.304. The average Bonchev–Trinajstić information content (AvgIpc) is 3.45. The summed E-state index contributed by atoms with van der Waals surface area (Å²) in [6.45, 7) is 2.78. The van der Waals surface area contributed by atoms with Crippen LogP contribution < -0.4 is 0 Å². The van der Waals surface area contributed by atoms with Crippen molar-refractivity contribution in [2.24, 2.45) is 10.1 Å². The van der Waals surface area contributed by atoms with Gasteiger partial charge in [-0.25, -0.2) is 0 Å². The zero-order chi connectivity index (χ0) is 25.4. The number of hydrogen-bond acceptors (Lipinski definition) is 5.